The molecule has 0 amide bonds. The van der Waals surface area contributed by atoms with Crippen molar-refractivity contribution in [2.24, 2.45) is 0 Å². The Labute approximate surface area is 166 Å². The van der Waals surface area contributed by atoms with Gasteiger partial charge in [0.1, 0.15) is 0 Å². The van der Waals surface area contributed by atoms with E-state index in [0.717, 1.165) is 12.8 Å². The largest absolute Gasteiger partial charge is 1.00 e. The number of benzene rings is 3. The van der Waals surface area contributed by atoms with Gasteiger partial charge in [0.2, 0.25) is 11.4 Å². The van der Waals surface area contributed by atoms with Crippen LogP contribution in [0.5, 0.6) is 0 Å². The number of aryl methyl sites for hydroxylation is 1. The molecule has 1 aliphatic carbocycles. The molecule has 0 spiro atoms. The molecule has 0 saturated carbocycles. The van der Waals surface area contributed by atoms with Gasteiger partial charge < -0.3 is 12.4 Å². The van der Waals surface area contributed by atoms with Gasteiger partial charge in [0.05, 0.1) is 0 Å². The van der Waals surface area contributed by atoms with E-state index in [2.05, 4.69) is 96.0 Å². The van der Waals surface area contributed by atoms with Gasteiger partial charge in [-0.25, -0.2) is 4.98 Å². The molecular formula is C25H20ClN. The van der Waals surface area contributed by atoms with Crippen LogP contribution < -0.4 is 17.4 Å². The van der Waals surface area contributed by atoms with E-state index in [-0.39, 0.29) is 12.4 Å². The average Bonchev–Trinajstić information content (AvgIpc) is 2.74. The molecule has 0 bridgehead atoms. The minimum absolute atomic E-state index is 0. The maximum atomic E-state index is 3.75. The lowest BCUT2D eigenvalue weighted by molar-refractivity contribution is -0.352. The Hall–Kier alpha value is -2.90. The Morgan fingerprint density at radius 2 is 1.22 bits per heavy atom. The van der Waals surface area contributed by atoms with Crippen molar-refractivity contribution in [2.45, 2.75) is 12.8 Å². The normalized spacial score (nSPS) is 11.9. The highest BCUT2D eigenvalue weighted by Crippen LogP contribution is 2.37. The molecule has 0 aliphatic heterocycles. The van der Waals surface area contributed by atoms with Crippen LogP contribution in [0.15, 0.2) is 91.0 Å². The van der Waals surface area contributed by atoms with E-state index in [1.165, 1.54) is 44.8 Å². The number of fused-ring (bicyclic) bond motifs is 3. The third-order valence-corrected chi connectivity index (χ3v) is 5.28. The number of aromatic nitrogens is 1. The van der Waals surface area contributed by atoms with Crippen LogP contribution in [0.1, 0.15) is 11.1 Å². The molecule has 1 heterocycles. The second-order valence-corrected chi connectivity index (χ2v) is 6.84. The van der Waals surface area contributed by atoms with Crippen molar-refractivity contribution in [3.05, 3.63) is 102 Å². The van der Waals surface area contributed by atoms with E-state index in [9.17, 15) is 0 Å². The van der Waals surface area contributed by atoms with Crippen LogP contribution in [-0.4, -0.2) is 0 Å². The molecule has 5 rings (SSSR count). The van der Waals surface area contributed by atoms with Gasteiger partial charge in [0, 0.05) is 22.8 Å². The van der Waals surface area contributed by atoms with Crippen LogP contribution in [0, 0.1) is 0 Å². The predicted octanol–water partition coefficient (Wildman–Crippen LogP) is 2.60. The second-order valence-electron chi connectivity index (χ2n) is 6.84. The molecule has 0 radical (unpaired) electrons. The van der Waals surface area contributed by atoms with E-state index >= 15 is 0 Å². The highest BCUT2D eigenvalue weighted by molar-refractivity contribution is 5.80. The second kappa shape index (κ2) is 7.38. The zero-order valence-corrected chi connectivity index (χ0v) is 15.7. The standard InChI is InChI=1S/C25H19N.ClH/c1-3-9-18(10-4-1)23-17-24(20-12-5-2-6-13-20)26-25-21-14-8-7-11-19(21)15-16-22(23)25;/h1-14,17H,15-16H2;1H. The van der Waals surface area contributed by atoms with E-state index in [0.29, 0.717) is 0 Å². The number of rotatable bonds is 2. The summed E-state index contributed by atoms with van der Waals surface area (Å²) in [5, 5.41) is 0. The number of hydrogen-bond donors (Lipinski definition) is 0. The lowest BCUT2D eigenvalue weighted by Crippen LogP contribution is -3.00. The molecular weight excluding hydrogens is 350 g/mol. The van der Waals surface area contributed by atoms with Gasteiger partial charge in [-0.15, -0.1) is 0 Å². The van der Waals surface area contributed by atoms with E-state index in [1.54, 1.807) is 0 Å². The third-order valence-electron chi connectivity index (χ3n) is 5.28. The Morgan fingerprint density at radius 1 is 0.593 bits per heavy atom. The fourth-order valence-corrected chi connectivity index (χ4v) is 3.99. The summed E-state index contributed by atoms with van der Waals surface area (Å²) in [5.74, 6) is 0. The van der Waals surface area contributed by atoms with Crippen molar-refractivity contribution in [3.63, 3.8) is 0 Å². The first-order valence-corrected chi connectivity index (χ1v) is 9.18. The fraction of sp³-hybridized carbons (Fsp3) is 0.0800. The average molecular weight is 370 g/mol. The molecule has 4 aromatic rings. The summed E-state index contributed by atoms with van der Waals surface area (Å²) >= 11 is 0. The maximum Gasteiger partial charge on any atom is 0.215 e. The lowest BCUT2D eigenvalue weighted by Gasteiger charge is -2.19. The van der Waals surface area contributed by atoms with Gasteiger partial charge in [0.15, 0.2) is 0 Å². The Bertz CT molecular complexity index is 1050. The first-order chi connectivity index (χ1) is 12.9. The third kappa shape index (κ3) is 3.15. The number of hydrogen-bond acceptors (Lipinski definition) is 0. The van der Waals surface area contributed by atoms with E-state index in [1.807, 2.05) is 0 Å². The molecule has 0 fully saturated rings. The molecule has 2 heteroatoms. The highest BCUT2D eigenvalue weighted by Gasteiger charge is 2.26. The van der Waals surface area contributed by atoms with Crippen molar-refractivity contribution in [1.82, 2.24) is 0 Å². The van der Waals surface area contributed by atoms with Crippen LogP contribution in [0.4, 0.5) is 0 Å². The van der Waals surface area contributed by atoms with Crippen molar-refractivity contribution >= 4 is 0 Å². The van der Waals surface area contributed by atoms with E-state index < -0.39 is 0 Å². The summed E-state index contributed by atoms with van der Waals surface area (Å²) < 4.78 is 0. The number of nitrogens with one attached hydrogen (secondary N) is 1. The molecule has 1 nitrogen and oxygen atoms in total. The Kier molecular flexibility index (Phi) is 4.79. The van der Waals surface area contributed by atoms with Gasteiger partial charge in [0.25, 0.3) is 0 Å². The molecule has 0 saturated heterocycles. The predicted molar refractivity (Wildman–Crippen MR) is 107 cm³/mol. The van der Waals surface area contributed by atoms with Crippen LogP contribution >= 0.6 is 0 Å². The zero-order chi connectivity index (χ0) is 17.3. The van der Waals surface area contributed by atoms with Crippen LogP contribution in [0.25, 0.3) is 33.6 Å². The van der Waals surface area contributed by atoms with Gasteiger partial charge in [-0.2, -0.15) is 0 Å². The van der Waals surface area contributed by atoms with Gasteiger partial charge in [-0.05, 0) is 47.7 Å². The first-order valence-electron chi connectivity index (χ1n) is 9.18. The molecule has 3 aromatic carbocycles. The molecule has 27 heavy (non-hydrogen) atoms. The monoisotopic (exact) mass is 369 g/mol. The van der Waals surface area contributed by atoms with Crippen LogP contribution in [0.3, 0.4) is 0 Å². The summed E-state index contributed by atoms with van der Waals surface area (Å²) in [6, 6.07) is 32.4. The number of aromatic amines is 1. The number of H-pyrrole nitrogens is 1. The minimum Gasteiger partial charge on any atom is -1.00 e. The van der Waals surface area contributed by atoms with E-state index in [4.69, 9.17) is 0 Å². The number of halogens is 1. The van der Waals surface area contributed by atoms with Crippen LogP contribution in [0.2, 0.25) is 0 Å². The molecule has 1 aromatic heterocycles. The first kappa shape index (κ1) is 17.5. The van der Waals surface area contributed by atoms with Crippen molar-refractivity contribution < 1.29 is 17.4 Å². The maximum absolute atomic E-state index is 3.75. The fourth-order valence-electron chi connectivity index (χ4n) is 3.99. The van der Waals surface area contributed by atoms with Gasteiger partial charge >= 0.3 is 0 Å². The zero-order valence-electron chi connectivity index (χ0n) is 15.0. The smallest absolute Gasteiger partial charge is 0.215 e. The molecule has 1 aliphatic rings. The lowest BCUT2D eigenvalue weighted by atomic mass is 9.84. The van der Waals surface area contributed by atoms with Crippen molar-refractivity contribution in [3.8, 4) is 33.6 Å². The number of pyridine rings is 1. The minimum atomic E-state index is 0. The van der Waals surface area contributed by atoms with Crippen LogP contribution in [-0.2, 0) is 12.8 Å². The molecule has 1 N–H and O–H groups in total. The summed E-state index contributed by atoms with van der Waals surface area (Å²) in [6.07, 6.45) is 2.17. The highest BCUT2D eigenvalue weighted by atomic mass is 35.5. The molecule has 0 unspecified atom stereocenters. The summed E-state index contributed by atoms with van der Waals surface area (Å²) in [4.78, 5) is 3.75. The quantitative estimate of drug-likeness (QED) is 0.515. The molecule has 0 atom stereocenters. The Balaban J connectivity index is 0.00000180. The summed E-state index contributed by atoms with van der Waals surface area (Å²) in [5.41, 5.74) is 10.5. The SMILES string of the molecule is [Cl-].c1ccc(-c2cc(-c3ccccc3)c3c([nH+]2)-c2ccccc2CC3)cc1. The van der Waals surface area contributed by atoms with Gasteiger partial charge in [-0.1, -0.05) is 66.7 Å². The van der Waals surface area contributed by atoms with Crippen molar-refractivity contribution in [1.29, 1.82) is 0 Å². The topological polar surface area (TPSA) is 14.1 Å². The van der Waals surface area contributed by atoms with Crippen molar-refractivity contribution in [2.75, 3.05) is 0 Å². The summed E-state index contributed by atoms with van der Waals surface area (Å²) in [6.45, 7) is 0. The van der Waals surface area contributed by atoms with Gasteiger partial charge in [-0.3, -0.25) is 0 Å². The summed E-state index contributed by atoms with van der Waals surface area (Å²) in [7, 11) is 0. The molecule has 132 valence electrons. The Morgan fingerprint density at radius 3 is 1.96 bits per heavy atom.